The SMILES string of the molecule is CCCCCCCCCCCCCCCC(OCCCC)OOP(=O)([O-])[O-].[K+].[K+]. The van der Waals surface area contributed by atoms with E-state index in [0.29, 0.717) is 13.0 Å². The molecule has 0 aliphatic heterocycles. The Morgan fingerprint density at radius 2 is 1.10 bits per heavy atom. The first-order valence-electron chi connectivity index (χ1n) is 11.0. The minimum atomic E-state index is -5.13. The second-order valence-electron chi connectivity index (χ2n) is 7.30. The standard InChI is InChI=1S/C20H43O6P.2K/c1-3-5-7-8-9-10-11-12-13-14-15-16-17-18-20(24-19-6-4-2)25-26-27(21,22)23;;/h20H,3-19H2,1-2H3,(H2,21,22,23);;/q;2*+1/p-2. The van der Waals surface area contributed by atoms with Crippen LogP contribution < -0.4 is 113 Å². The Morgan fingerprint density at radius 3 is 1.52 bits per heavy atom. The van der Waals surface area contributed by atoms with Crippen LogP contribution in [0, 0.1) is 0 Å². The maximum Gasteiger partial charge on any atom is 1.00 e. The van der Waals surface area contributed by atoms with E-state index in [9.17, 15) is 14.4 Å². The van der Waals surface area contributed by atoms with Crippen LogP contribution in [0.2, 0.25) is 0 Å². The van der Waals surface area contributed by atoms with E-state index in [4.69, 9.17) is 4.74 Å². The van der Waals surface area contributed by atoms with Gasteiger partial charge in [0, 0.05) is 13.0 Å². The van der Waals surface area contributed by atoms with Crippen molar-refractivity contribution in [1.82, 2.24) is 0 Å². The molecule has 0 rings (SSSR count). The topological polar surface area (TPSA) is 90.9 Å². The van der Waals surface area contributed by atoms with Crippen molar-refractivity contribution >= 4 is 7.82 Å². The Kier molecular flexibility index (Phi) is 35.0. The van der Waals surface area contributed by atoms with Crippen LogP contribution in [0.15, 0.2) is 0 Å². The summed E-state index contributed by atoms with van der Waals surface area (Å²) in [5.41, 5.74) is 0. The number of phosphoric acid groups is 1. The number of hydrogen-bond acceptors (Lipinski definition) is 6. The van der Waals surface area contributed by atoms with Gasteiger partial charge in [0.2, 0.25) is 0 Å². The molecule has 0 saturated heterocycles. The summed E-state index contributed by atoms with van der Waals surface area (Å²) in [7, 11) is -5.13. The molecule has 0 spiro atoms. The van der Waals surface area contributed by atoms with E-state index in [-0.39, 0.29) is 103 Å². The van der Waals surface area contributed by atoms with Gasteiger partial charge in [0.15, 0.2) is 6.29 Å². The molecule has 1 atom stereocenters. The Morgan fingerprint density at radius 1 is 0.690 bits per heavy atom. The van der Waals surface area contributed by atoms with Crippen molar-refractivity contribution in [2.75, 3.05) is 6.61 Å². The van der Waals surface area contributed by atoms with Crippen LogP contribution in [0.25, 0.3) is 0 Å². The largest absolute Gasteiger partial charge is 1.00 e. The molecule has 1 unspecified atom stereocenters. The van der Waals surface area contributed by atoms with Gasteiger partial charge in [-0.05, 0) is 12.8 Å². The first-order chi connectivity index (χ1) is 13.0. The molecule has 0 aromatic rings. The van der Waals surface area contributed by atoms with Gasteiger partial charge in [0.1, 0.15) is 7.82 Å². The quantitative estimate of drug-likeness (QED) is 0.0537. The second-order valence-corrected chi connectivity index (χ2v) is 8.35. The van der Waals surface area contributed by atoms with E-state index >= 15 is 0 Å². The fourth-order valence-corrected chi connectivity index (χ4v) is 3.15. The van der Waals surface area contributed by atoms with Gasteiger partial charge in [-0.3, -0.25) is 0 Å². The van der Waals surface area contributed by atoms with Gasteiger partial charge in [-0.1, -0.05) is 97.3 Å². The summed E-state index contributed by atoms with van der Waals surface area (Å²) in [4.78, 5) is 25.7. The average molecular weight is 487 g/mol. The maximum atomic E-state index is 10.5. The van der Waals surface area contributed by atoms with Gasteiger partial charge in [-0.2, -0.15) is 0 Å². The maximum absolute atomic E-state index is 10.5. The Hall–Kier alpha value is 3.30. The van der Waals surface area contributed by atoms with Crippen LogP contribution in [0.3, 0.4) is 0 Å². The molecule has 0 radical (unpaired) electrons. The number of hydrogen-bond donors (Lipinski definition) is 0. The number of unbranched alkanes of at least 4 members (excludes halogenated alkanes) is 13. The van der Waals surface area contributed by atoms with Crippen LogP contribution in [-0.4, -0.2) is 12.9 Å². The van der Waals surface area contributed by atoms with Crippen LogP contribution in [0.4, 0.5) is 0 Å². The van der Waals surface area contributed by atoms with Crippen molar-refractivity contribution in [3.05, 3.63) is 0 Å². The molecular formula is C20H41K2O6P. The van der Waals surface area contributed by atoms with Crippen molar-refractivity contribution in [2.45, 2.75) is 123 Å². The summed E-state index contributed by atoms with van der Waals surface area (Å²) in [6.07, 6.45) is 18.0. The molecule has 9 heteroatoms. The Bertz CT molecular complexity index is 358. The van der Waals surface area contributed by atoms with Crippen LogP contribution in [0.1, 0.15) is 117 Å². The first kappa shape index (κ1) is 36.9. The normalized spacial score (nSPS) is 12.3. The molecule has 0 aliphatic rings. The summed E-state index contributed by atoms with van der Waals surface area (Å²) in [6.45, 7) is 4.74. The molecule has 0 aromatic heterocycles. The van der Waals surface area contributed by atoms with Gasteiger partial charge in [-0.25, -0.2) is 9.56 Å². The minimum Gasteiger partial charge on any atom is -0.788 e. The third kappa shape index (κ3) is 31.3. The number of rotatable bonds is 21. The molecule has 0 N–H and O–H groups in total. The summed E-state index contributed by atoms with van der Waals surface area (Å²) in [5, 5.41) is 0. The van der Waals surface area contributed by atoms with E-state index in [0.717, 1.165) is 32.1 Å². The average Bonchev–Trinajstić information content (AvgIpc) is 2.62. The summed E-state index contributed by atoms with van der Waals surface area (Å²) < 4.78 is 19.9. The van der Waals surface area contributed by atoms with Gasteiger partial charge < -0.3 is 19.1 Å². The van der Waals surface area contributed by atoms with Crippen molar-refractivity contribution in [3.63, 3.8) is 0 Å². The molecule has 0 heterocycles. The molecule has 0 bridgehead atoms. The monoisotopic (exact) mass is 486 g/mol. The predicted octanol–water partition coefficient (Wildman–Crippen LogP) is -0.605. The fraction of sp³-hybridized carbons (Fsp3) is 1.00. The molecule has 0 saturated carbocycles. The van der Waals surface area contributed by atoms with E-state index in [1.54, 1.807) is 0 Å². The molecule has 29 heavy (non-hydrogen) atoms. The zero-order valence-electron chi connectivity index (χ0n) is 19.5. The number of ether oxygens (including phenoxy) is 1. The van der Waals surface area contributed by atoms with Crippen LogP contribution in [-0.2, 0) is 18.9 Å². The third-order valence-corrected chi connectivity index (χ3v) is 4.86. The Balaban J connectivity index is -0.00000338. The third-order valence-electron chi connectivity index (χ3n) is 4.59. The molecular weight excluding hydrogens is 445 g/mol. The summed E-state index contributed by atoms with van der Waals surface area (Å²) >= 11 is 0. The minimum absolute atomic E-state index is 0. The molecule has 0 amide bonds. The molecule has 6 nitrogen and oxygen atoms in total. The zero-order chi connectivity index (χ0) is 20.2. The van der Waals surface area contributed by atoms with Gasteiger partial charge in [-0.15, -0.1) is 0 Å². The molecule has 164 valence electrons. The predicted molar refractivity (Wildman–Crippen MR) is 105 cm³/mol. The van der Waals surface area contributed by atoms with E-state index in [1.807, 2.05) is 6.92 Å². The van der Waals surface area contributed by atoms with E-state index in [2.05, 4.69) is 16.5 Å². The van der Waals surface area contributed by atoms with Crippen molar-refractivity contribution in [3.8, 4) is 0 Å². The van der Waals surface area contributed by atoms with Crippen molar-refractivity contribution in [2.24, 2.45) is 0 Å². The Labute approximate surface area is 264 Å². The van der Waals surface area contributed by atoms with Gasteiger partial charge >= 0.3 is 103 Å². The molecule has 0 aliphatic carbocycles. The van der Waals surface area contributed by atoms with Crippen molar-refractivity contribution < 1.29 is 131 Å². The van der Waals surface area contributed by atoms with Crippen LogP contribution >= 0.6 is 7.82 Å². The van der Waals surface area contributed by atoms with E-state index in [1.165, 1.54) is 64.2 Å². The smallest absolute Gasteiger partial charge is 0.788 e. The van der Waals surface area contributed by atoms with Crippen molar-refractivity contribution in [1.29, 1.82) is 0 Å². The fourth-order valence-electron chi connectivity index (χ4n) is 2.95. The van der Waals surface area contributed by atoms with Gasteiger partial charge in [0.05, 0.1) is 0 Å². The zero-order valence-corrected chi connectivity index (χ0v) is 26.6. The van der Waals surface area contributed by atoms with Crippen LogP contribution in [0.5, 0.6) is 0 Å². The van der Waals surface area contributed by atoms with Gasteiger partial charge in [0.25, 0.3) is 0 Å². The van der Waals surface area contributed by atoms with E-state index < -0.39 is 14.1 Å². The summed E-state index contributed by atoms with van der Waals surface area (Å²) in [6, 6.07) is 0. The first-order valence-corrected chi connectivity index (χ1v) is 12.4. The molecule has 0 aromatic carbocycles. The molecule has 0 fully saturated rings. The second kappa shape index (κ2) is 27.5. The summed E-state index contributed by atoms with van der Waals surface area (Å²) in [5.74, 6) is 0.